The second-order valence-electron chi connectivity index (χ2n) is 8.58. The number of carbonyl (C=O) groups excluding carboxylic acids is 2. The summed E-state index contributed by atoms with van der Waals surface area (Å²) in [6.07, 6.45) is 0.00179. The van der Waals surface area contributed by atoms with Gasteiger partial charge in [0, 0.05) is 30.6 Å². The summed E-state index contributed by atoms with van der Waals surface area (Å²) in [6.45, 7) is 3.71. The van der Waals surface area contributed by atoms with Crippen LogP contribution >= 0.6 is 0 Å². The van der Waals surface area contributed by atoms with E-state index < -0.39 is 22.7 Å². The van der Waals surface area contributed by atoms with Crippen LogP contribution in [0.2, 0.25) is 0 Å². The molecule has 0 radical (unpaired) electrons. The second kappa shape index (κ2) is 11.9. The normalized spacial score (nSPS) is 11.7. The molecule has 0 saturated heterocycles. The maximum atomic E-state index is 13.6. The van der Waals surface area contributed by atoms with Crippen LogP contribution in [0.15, 0.2) is 78.9 Å². The number of rotatable bonds is 10. The molecule has 8 heteroatoms. The van der Waals surface area contributed by atoms with Gasteiger partial charge in [0.05, 0.1) is 11.3 Å². The number of nitro groups is 1. The number of amides is 2. The van der Waals surface area contributed by atoms with Crippen LogP contribution in [0.1, 0.15) is 30.5 Å². The first-order valence-electron chi connectivity index (χ1n) is 11.3. The molecule has 1 N–H and O–H groups in total. The van der Waals surface area contributed by atoms with E-state index in [0.717, 1.165) is 5.56 Å². The minimum absolute atomic E-state index is 0.0444. The highest BCUT2D eigenvalue weighted by atomic mass is 19.1. The highest BCUT2D eigenvalue weighted by Gasteiger charge is 2.31. The van der Waals surface area contributed by atoms with Crippen molar-refractivity contribution in [1.82, 2.24) is 10.2 Å². The molecule has 3 aromatic rings. The lowest BCUT2D eigenvalue weighted by Crippen LogP contribution is -2.52. The number of para-hydroxylation sites is 1. The van der Waals surface area contributed by atoms with Crippen molar-refractivity contribution in [1.29, 1.82) is 0 Å². The summed E-state index contributed by atoms with van der Waals surface area (Å²) in [6, 6.07) is 20.0. The Hall–Kier alpha value is -4.07. The Morgan fingerprint density at radius 2 is 1.57 bits per heavy atom. The Kier molecular flexibility index (Phi) is 8.67. The molecule has 0 saturated carbocycles. The number of nitrogens with zero attached hydrogens (tertiary/aromatic N) is 2. The van der Waals surface area contributed by atoms with E-state index in [-0.39, 0.29) is 42.6 Å². The summed E-state index contributed by atoms with van der Waals surface area (Å²) < 4.78 is 13.5. The van der Waals surface area contributed by atoms with Gasteiger partial charge in [0.1, 0.15) is 11.9 Å². The Balaban J connectivity index is 2.00. The van der Waals surface area contributed by atoms with Crippen LogP contribution in [-0.2, 0) is 29.0 Å². The molecular weight excluding hydrogens is 449 g/mol. The number of hydrogen-bond acceptors (Lipinski definition) is 4. The summed E-state index contributed by atoms with van der Waals surface area (Å²) >= 11 is 0. The SMILES string of the molecule is CC(C)NC(=O)[C@H](Cc1ccccc1)N(Cc1ccc(F)cc1)C(=O)Cc1ccccc1[N+](=O)[O-]. The first-order chi connectivity index (χ1) is 16.7. The van der Waals surface area contributed by atoms with E-state index in [4.69, 9.17) is 0 Å². The molecule has 7 nitrogen and oxygen atoms in total. The molecule has 0 unspecified atom stereocenters. The summed E-state index contributed by atoms with van der Waals surface area (Å²) in [5.74, 6) is -1.18. The fraction of sp³-hybridized carbons (Fsp3) is 0.259. The Labute approximate surface area is 203 Å². The van der Waals surface area contributed by atoms with Gasteiger partial charge in [0.15, 0.2) is 0 Å². The molecule has 0 aliphatic heterocycles. The number of nitro benzene ring substituents is 1. The number of halogens is 1. The predicted molar refractivity (Wildman–Crippen MR) is 131 cm³/mol. The van der Waals surface area contributed by atoms with Gasteiger partial charge < -0.3 is 10.2 Å². The highest BCUT2D eigenvalue weighted by Crippen LogP contribution is 2.22. The van der Waals surface area contributed by atoms with Crippen LogP contribution in [-0.4, -0.2) is 33.7 Å². The number of carbonyl (C=O) groups is 2. The van der Waals surface area contributed by atoms with Gasteiger partial charge in [0.25, 0.3) is 5.69 Å². The van der Waals surface area contributed by atoms with Crippen LogP contribution in [0, 0.1) is 15.9 Å². The quantitative estimate of drug-likeness (QED) is 0.345. The Morgan fingerprint density at radius 1 is 0.943 bits per heavy atom. The number of hydrogen-bond donors (Lipinski definition) is 1. The van der Waals surface area contributed by atoms with Crippen molar-refractivity contribution in [2.45, 2.75) is 45.3 Å². The third-order valence-corrected chi connectivity index (χ3v) is 5.50. The zero-order valence-electron chi connectivity index (χ0n) is 19.7. The molecule has 182 valence electrons. The molecule has 3 aromatic carbocycles. The molecule has 0 aliphatic carbocycles. The fourth-order valence-corrected chi connectivity index (χ4v) is 3.82. The Morgan fingerprint density at radius 3 is 2.20 bits per heavy atom. The molecule has 0 aliphatic rings. The summed E-state index contributed by atoms with van der Waals surface area (Å²) in [5.41, 5.74) is 1.60. The van der Waals surface area contributed by atoms with Crippen LogP contribution in [0.25, 0.3) is 0 Å². The first kappa shape index (κ1) is 25.6. The largest absolute Gasteiger partial charge is 0.352 e. The maximum absolute atomic E-state index is 13.6. The zero-order chi connectivity index (χ0) is 25.4. The first-order valence-corrected chi connectivity index (χ1v) is 11.3. The molecular formula is C27H28FN3O4. The molecule has 0 bridgehead atoms. The highest BCUT2D eigenvalue weighted by molar-refractivity contribution is 5.89. The van der Waals surface area contributed by atoms with Crippen molar-refractivity contribution >= 4 is 17.5 Å². The van der Waals surface area contributed by atoms with Gasteiger partial charge in [-0.3, -0.25) is 19.7 Å². The van der Waals surface area contributed by atoms with Gasteiger partial charge >= 0.3 is 0 Å². The smallest absolute Gasteiger partial charge is 0.273 e. The third-order valence-electron chi connectivity index (χ3n) is 5.50. The van der Waals surface area contributed by atoms with Crippen molar-refractivity contribution in [2.24, 2.45) is 0 Å². The van der Waals surface area contributed by atoms with Crippen LogP contribution < -0.4 is 5.32 Å². The average molecular weight is 478 g/mol. The lowest BCUT2D eigenvalue weighted by molar-refractivity contribution is -0.385. The fourth-order valence-electron chi connectivity index (χ4n) is 3.82. The van der Waals surface area contributed by atoms with Gasteiger partial charge in [0.2, 0.25) is 11.8 Å². The molecule has 0 heterocycles. The minimum atomic E-state index is -0.875. The molecule has 0 aromatic heterocycles. The lowest BCUT2D eigenvalue weighted by Gasteiger charge is -2.32. The third kappa shape index (κ3) is 7.20. The van der Waals surface area contributed by atoms with Crippen molar-refractivity contribution in [2.75, 3.05) is 0 Å². The van der Waals surface area contributed by atoms with E-state index in [0.29, 0.717) is 5.56 Å². The molecule has 0 spiro atoms. The monoisotopic (exact) mass is 477 g/mol. The zero-order valence-corrected chi connectivity index (χ0v) is 19.7. The molecule has 1 atom stereocenters. The van der Waals surface area contributed by atoms with E-state index in [2.05, 4.69) is 5.32 Å². The average Bonchev–Trinajstić information content (AvgIpc) is 2.83. The van der Waals surface area contributed by atoms with Crippen LogP contribution in [0.5, 0.6) is 0 Å². The number of benzene rings is 3. The van der Waals surface area contributed by atoms with Gasteiger partial charge in [-0.15, -0.1) is 0 Å². The Bertz CT molecular complexity index is 1170. The van der Waals surface area contributed by atoms with Gasteiger partial charge in [-0.2, -0.15) is 0 Å². The predicted octanol–water partition coefficient (Wildman–Crippen LogP) is 4.44. The van der Waals surface area contributed by atoms with Crippen LogP contribution in [0.3, 0.4) is 0 Å². The maximum Gasteiger partial charge on any atom is 0.273 e. The summed E-state index contributed by atoms with van der Waals surface area (Å²) in [4.78, 5) is 39.3. The summed E-state index contributed by atoms with van der Waals surface area (Å²) in [5, 5.41) is 14.4. The summed E-state index contributed by atoms with van der Waals surface area (Å²) in [7, 11) is 0. The number of nitrogens with one attached hydrogen (secondary N) is 1. The van der Waals surface area contributed by atoms with Crippen molar-refractivity contribution in [3.05, 3.63) is 111 Å². The van der Waals surface area contributed by atoms with Gasteiger partial charge in [-0.25, -0.2) is 4.39 Å². The van der Waals surface area contributed by atoms with Gasteiger partial charge in [-0.1, -0.05) is 60.7 Å². The molecule has 3 rings (SSSR count). The molecule has 35 heavy (non-hydrogen) atoms. The van der Waals surface area contributed by atoms with Crippen molar-refractivity contribution in [3.63, 3.8) is 0 Å². The standard InChI is InChI=1S/C27H28FN3O4/c1-19(2)29-27(33)25(16-20-8-4-3-5-9-20)30(18-21-12-14-23(28)15-13-21)26(32)17-22-10-6-7-11-24(22)31(34)35/h3-15,19,25H,16-18H2,1-2H3,(H,29,33)/t25-/m0/s1. The van der Waals surface area contributed by atoms with Crippen molar-refractivity contribution in [3.8, 4) is 0 Å². The van der Waals surface area contributed by atoms with E-state index in [1.165, 1.54) is 35.2 Å². The van der Waals surface area contributed by atoms with Crippen molar-refractivity contribution < 1.29 is 18.9 Å². The lowest BCUT2D eigenvalue weighted by atomic mass is 10.0. The van der Waals surface area contributed by atoms with Gasteiger partial charge in [-0.05, 0) is 37.1 Å². The van der Waals surface area contributed by atoms with E-state index >= 15 is 0 Å². The minimum Gasteiger partial charge on any atom is -0.352 e. The van der Waals surface area contributed by atoms with E-state index in [1.807, 2.05) is 44.2 Å². The molecule has 2 amide bonds. The van der Waals surface area contributed by atoms with E-state index in [9.17, 15) is 24.1 Å². The van der Waals surface area contributed by atoms with E-state index in [1.54, 1.807) is 18.2 Å². The topological polar surface area (TPSA) is 92.6 Å². The van der Waals surface area contributed by atoms with Crippen LogP contribution in [0.4, 0.5) is 10.1 Å². The molecule has 0 fully saturated rings. The second-order valence-corrected chi connectivity index (χ2v) is 8.58.